The molecule has 2 aromatic rings. The smallest absolute Gasteiger partial charge is 0.246 e. The number of nitriles is 1. The molecule has 1 aromatic carbocycles. The van der Waals surface area contributed by atoms with Crippen LogP contribution in [0.4, 0.5) is 0 Å². The van der Waals surface area contributed by atoms with E-state index in [0.29, 0.717) is 24.4 Å². The summed E-state index contributed by atoms with van der Waals surface area (Å²) >= 11 is 0. The molecule has 1 heterocycles. The molecule has 4 nitrogen and oxygen atoms in total. The van der Waals surface area contributed by atoms with Crippen LogP contribution in [0.3, 0.4) is 0 Å². The summed E-state index contributed by atoms with van der Waals surface area (Å²) in [5.41, 5.74) is 1.63. The highest BCUT2D eigenvalue weighted by molar-refractivity contribution is 5.91. The minimum absolute atomic E-state index is 0.0507. The van der Waals surface area contributed by atoms with E-state index in [1.165, 1.54) is 6.08 Å². The van der Waals surface area contributed by atoms with Crippen LogP contribution in [0.2, 0.25) is 0 Å². The van der Waals surface area contributed by atoms with Crippen LogP contribution in [-0.4, -0.2) is 17.4 Å². The molecule has 0 saturated carbocycles. The maximum atomic E-state index is 12.4. The molecule has 0 spiro atoms. The van der Waals surface area contributed by atoms with E-state index in [9.17, 15) is 4.79 Å². The van der Waals surface area contributed by atoms with Gasteiger partial charge in [-0.1, -0.05) is 19.1 Å². The number of aryl methyl sites for hydroxylation is 1. The predicted molar refractivity (Wildman–Crippen MR) is 89.3 cm³/mol. The van der Waals surface area contributed by atoms with Gasteiger partial charge in [-0.3, -0.25) is 4.79 Å². The molecule has 118 valence electrons. The van der Waals surface area contributed by atoms with Crippen LogP contribution < -0.4 is 0 Å². The van der Waals surface area contributed by atoms with Gasteiger partial charge >= 0.3 is 0 Å². The largest absolute Gasteiger partial charge is 0.462 e. The highest BCUT2D eigenvalue weighted by atomic mass is 16.3. The van der Waals surface area contributed by atoms with Crippen molar-refractivity contribution in [2.45, 2.75) is 26.8 Å². The average Bonchev–Trinajstić information content (AvgIpc) is 2.98. The minimum Gasteiger partial charge on any atom is -0.462 e. The highest BCUT2D eigenvalue weighted by Gasteiger charge is 2.10. The maximum Gasteiger partial charge on any atom is 0.246 e. The normalized spacial score (nSPS) is 10.7. The fourth-order valence-electron chi connectivity index (χ4n) is 2.24. The van der Waals surface area contributed by atoms with Crippen LogP contribution in [0.5, 0.6) is 0 Å². The number of carbonyl (C=O) groups is 1. The molecule has 1 aromatic heterocycles. The fourth-order valence-corrected chi connectivity index (χ4v) is 2.24. The lowest BCUT2D eigenvalue weighted by molar-refractivity contribution is -0.126. The quantitative estimate of drug-likeness (QED) is 0.760. The summed E-state index contributed by atoms with van der Waals surface area (Å²) in [5.74, 6) is 1.44. The summed E-state index contributed by atoms with van der Waals surface area (Å²) in [5, 5.41) is 8.83. The van der Waals surface area contributed by atoms with E-state index in [2.05, 4.69) is 6.07 Å². The third-order valence-electron chi connectivity index (χ3n) is 3.41. The van der Waals surface area contributed by atoms with Crippen LogP contribution in [-0.2, 0) is 11.3 Å². The predicted octanol–water partition coefficient (Wildman–Crippen LogP) is 3.91. The van der Waals surface area contributed by atoms with Crippen LogP contribution in [0.25, 0.3) is 6.08 Å². The van der Waals surface area contributed by atoms with E-state index in [1.807, 2.05) is 38.1 Å². The zero-order valence-electron chi connectivity index (χ0n) is 13.5. The second-order valence-electron chi connectivity index (χ2n) is 5.35. The van der Waals surface area contributed by atoms with Gasteiger partial charge in [0.2, 0.25) is 5.91 Å². The van der Waals surface area contributed by atoms with Gasteiger partial charge in [0, 0.05) is 19.2 Å². The average molecular weight is 308 g/mol. The van der Waals surface area contributed by atoms with Crippen molar-refractivity contribution in [1.29, 1.82) is 5.26 Å². The van der Waals surface area contributed by atoms with E-state index in [0.717, 1.165) is 17.7 Å². The molecule has 1 amide bonds. The molecule has 0 saturated heterocycles. The van der Waals surface area contributed by atoms with Crippen molar-refractivity contribution >= 4 is 12.0 Å². The number of nitrogens with zero attached hydrogens (tertiary/aromatic N) is 2. The monoisotopic (exact) mass is 308 g/mol. The highest BCUT2D eigenvalue weighted by Crippen LogP contribution is 2.11. The van der Waals surface area contributed by atoms with E-state index in [1.54, 1.807) is 23.1 Å². The van der Waals surface area contributed by atoms with Crippen molar-refractivity contribution < 1.29 is 9.21 Å². The van der Waals surface area contributed by atoms with Crippen LogP contribution in [0.1, 0.15) is 36.0 Å². The van der Waals surface area contributed by atoms with E-state index in [4.69, 9.17) is 9.68 Å². The molecular formula is C19H20N2O2. The SMILES string of the molecule is CCCN(Cc1ccc(C#N)cc1)C(=O)/C=C/c1ccc(C)o1. The summed E-state index contributed by atoms with van der Waals surface area (Å²) in [6, 6.07) is 13.1. The standard InChI is InChI=1S/C19H20N2O2/c1-3-12-21(14-17-7-5-16(13-20)6-8-17)19(22)11-10-18-9-4-15(2)23-18/h4-11H,3,12,14H2,1-2H3/b11-10+. The molecule has 0 fully saturated rings. The molecule has 0 radical (unpaired) electrons. The number of amides is 1. The Balaban J connectivity index is 2.05. The van der Waals surface area contributed by atoms with Gasteiger partial charge in [-0.2, -0.15) is 5.26 Å². The molecule has 0 aliphatic heterocycles. The van der Waals surface area contributed by atoms with Crippen LogP contribution in [0.15, 0.2) is 46.9 Å². The van der Waals surface area contributed by atoms with E-state index >= 15 is 0 Å². The van der Waals surface area contributed by atoms with Crippen LogP contribution in [0, 0.1) is 18.3 Å². The van der Waals surface area contributed by atoms with E-state index < -0.39 is 0 Å². The summed E-state index contributed by atoms with van der Waals surface area (Å²) in [6.07, 6.45) is 4.12. The molecule has 4 heteroatoms. The second-order valence-corrected chi connectivity index (χ2v) is 5.35. The third-order valence-corrected chi connectivity index (χ3v) is 3.41. The molecule has 0 bridgehead atoms. The lowest BCUT2D eigenvalue weighted by Gasteiger charge is -2.20. The first-order valence-electron chi connectivity index (χ1n) is 7.65. The van der Waals surface area contributed by atoms with Gasteiger partial charge in [-0.25, -0.2) is 0 Å². The first kappa shape index (κ1) is 16.6. The Hall–Kier alpha value is -2.80. The third kappa shape index (κ3) is 4.86. The van der Waals surface area contributed by atoms with Gasteiger partial charge in [0.15, 0.2) is 0 Å². The summed E-state index contributed by atoms with van der Waals surface area (Å²) in [6.45, 7) is 5.12. The first-order valence-corrected chi connectivity index (χ1v) is 7.65. The van der Waals surface area contributed by atoms with Crippen molar-refractivity contribution in [1.82, 2.24) is 4.90 Å². The zero-order chi connectivity index (χ0) is 16.7. The Kier molecular flexibility index (Phi) is 5.76. The van der Waals surface area contributed by atoms with Crippen LogP contribution >= 0.6 is 0 Å². The number of hydrogen-bond donors (Lipinski definition) is 0. The Morgan fingerprint density at radius 3 is 2.57 bits per heavy atom. The van der Waals surface area contributed by atoms with Crippen molar-refractivity contribution in [2.75, 3.05) is 6.54 Å². The van der Waals surface area contributed by atoms with Crippen molar-refractivity contribution in [2.24, 2.45) is 0 Å². The lowest BCUT2D eigenvalue weighted by Crippen LogP contribution is -2.29. The zero-order valence-corrected chi connectivity index (χ0v) is 13.5. The number of benzene rings is 1. The van der Waals surface area contributed by atoms with Gasteiger partial charge in [-0.15, -0.1) is 0 Å². The Labute approximate surface area is 136 Å². The number of hydrogen-bond acceptors (Lipinski definition) is 3. The molecule has 0 N–H and O–H groups in total. The topological polar surface area (TPSA) is 57.2 Å². The lowest BCUT2D eigenvalue weighted by atomic mass is 10.1. The molecule has 0 aliphatic rings. The van der Waals surface area contributed by atoms with Crippen molar-refractivity contribution in [3.8, 4) is 6.07 Å². The number of furan rings is 1. The van der Waals surface area contributed by atoms with Gasteiger partial charge < -0.3 is 9.32 Å². The summed E-state index contributed by atoms with van der Waals surface area (Å²) < 4.78 is 5.43. The molecule has 23 heavy (non-hydrogen) atoms. The molecular weight excluding hydrogens is 288 g/mol. The first-order chi connectivity index (χ1) is 11.1. The minimum atomic E-state index is -0.0507. The van der Waals surface area contributed by atoms with Crippen molar-refractivity contribution in [3.05, 3.63) is 65.1 Å². The summed E-state index contributed by atoms with van der Waals surface area (Å²) in [7, 11) is 0. The van der Waals surface area contributed by atoms with Gasteiger partial charge in [0.05, 0.1) is 11.6 Å². The number of rotatable bonds is 6. The Morgan fingerprint density at radius 1 is 1.26 bits per heavy atom. The second kappa shape index (κ2) is 8.00. The van der Waals surface area contributed by atoms with E-state index in [-0.39, 0.29) is 5.91 Å². The molecule has 2 rings (SSSR count). The van der Waals surface area contributed by atoms with Gasteiger partial charge in [0.1, 0.15) is 11.5 Å². The summed E-state index contributed by atoms with van der Waals surface area (Å²) in [4.78, 5) is 14.2. The Bertz CT molecular complexity index is 721. The molecule has 0 unspecified atom stereocenters. The van der Waals surface area contributed by atoms with Gasteiger partial charge in [-0.05, 0) is 49.2 Å². The number of carbonyl (C=O) groups excluding carboxylic acids is 1. The van der Waals surface area contributed by atoms with Gasteiger partial charge in [0.25, 0.3) is 0 Å². The molecule has 0 aliphatic carbocycles. The van der Waals surface area contributed by atoms with Crippen molar-refractivity contribution in [3.63, 3.8) is 0 Å². The fraction of sp³-hybridized carbons (Fsp3) is 0.263. The Morgan fingerprint density at radius 2 is 2.00 bits per heavy atom. The molecule has 0 atom stereocenters. The maximum absolute atomic E-state index is 12.4.